The van der Waals surface area contributed by atoms with Crippen molar-refractivity contribution in [3.05, 3.63) is 54.7 Å². The number of methoxy groups -OCH3 is 2. The fourth-order valence-electron chi connectivity index (χ4n) is 4.07. The fourth-order valence-corrected chi connectivity index (χ4v) is 4.98. The zero-order valence-electron chi connectivity index (χ0n) is 18.5. The molecule has 1 aliphatic rings. The molecule has 2 aromatic carbocycles. The van der Waals surface area contributed by atoms with Gasteiger partial charge < -0.3 is 19.7 Å². The van der Waals surface area contributed by atoms with Crippen LogP contribution in [0.1, 0.15) is 12.8 Å². The van der Waals surface area contributed by atoms with Crippen molar-refractivity contribution in [3.63, 3.8) is 0 Å². The molecule has 8 nitrogen and oxygen atoms in total. The van der Waals surface area contributed by atoms with Crippen LogP contribution in [-0.4, -0.2) is 47.8 Å². The summed E-state index contributed by atoms with van der Waals surface area (Å²) in [4.78, 5) is 20.7. The molecule has 5 rings (SSSR count). The van der Waals surface area contributed by atoms with Crippen LogP contribution in [0.25, 0.3) is 16.2 Å². The molecule has 1 fully saturated rings. The van der Waals surface area contributed by atoms with Crippen LogP contribution < -0.4 is 19.7 Å². The number of aromatic nitrogens is 3. The highest BCUT2D eigenvalue weighted by molar-refractivity contribution is 7.20. The minimum atomic E-state index is -0.116. The number of hydrogen-bond donors (Lipinski definition) is 1. The van der Waals surface area contributed by atoms with Crippen LogP contribution in [0.3, 0.4) is 0 Å². The third-order valence-corrected chi connectivity index (χ3v) is 6.83. The molecule has 1 N–H and O–H groups in total. The Bertz CT molecular complexity index is 1240. The van der Waals surface area contributed by atoms with Crippen molar-refractivity contribution in [1.82, 2.24) is 14.6 Å². The second-order valence-electron chi connectivity index (χ2n) is 7.94. The van der Waals surface area contributed by atoms with Crippen molar-refractivity contribution in [2.45, 2.75) is 12.8 Å². The number of nitrogens with one attached hydrogen (secondary N) is 1. The van der Waals surface area contributed by atoms with E-state index in [4.69, 9.17) is 19.6 Å². The molecule has 4 aromatic rings. The van der Waals surface area contributed by atoms with Crippen LogP contribution in [0, 0.1) is 5.92 Å². The molecule has 0 unspecified atom stereocenters. The van der Waals surface area contributed by atoms with Gasteiger partial charge >= 0.3 is 0 Å². The van der Waals surface area contributed by atoms with Gasteiger partial charge in [0.25, 0.3) is 0 Å². The van der Waals surface area contributed by atoms with Crippen LogP contribution in [-0.2, 0) is 4.79 Å². The van der Waals surface area contributed by atoms with Gasteiger partial charge in [0.15, 0.2) is 0 Å². The molecule has 3 heterocycles. The van der Waals surface area contributed by atoms with Gasteiger partial charge in [-0.2, -0.15) is 0 Å². The van der Waals surface area contributed by atoms with E-state index in [-0.39, 0.29) is 11.8 Å². The van der Waals surface area contributed by atoms with Gasteiger partial charge in [0.05, 0.1) is 37.7 Å². The monoisotopic (exact) mass is 463 g/mol. The third-order valence-electron chi connectivity index (χ3n) is 5.85. The number of carbonyl (C=O) groups excluding carboxylic acids is 1. The van der Waals surface area contributed by atoms with Crippen LogP contribution in [0.2, 0.25) is 0 Å². The molecule has 0 spiro atoms. The Kier molecular flexibility index (Phi) is 5.87. The Morgan fingerprint density at radius 3 is 2.70 bits per heavy atom. The molecule has 0 bridgehead atoms. The maximum atomic E-state index is 12.9. The maximum absolute atomic E-state index is 12.9. The number of ether oxygens (including phenoxy) is 2. The second kappa shape index (κ2) is 9.11. The average molecular weight is 464 g/mol. The number of carbonyl (C=O) groups is 1. The summed E-state index contributed by atoms with van der Waals surface area (Å²) in [5.41, 5.74) is 2.58. The Labute approximate surface area is 195 Å². The Morgan fingerprint density at radius 2 is 1.94 bits per heavy atom. The molecule has 0 saturated carbocycles. The van der Waals surface area contributed by atoms with Gasteiger partial charge in [-0.25, -0.2) is 9.50 Å². The zero-order chi connectivity index (χ0) is 22.8. The molecule has 1 amide bonds. The molecular formula is C24H25N5O3S. The number of para-hydroxylation sites is 2. The molecular weight excluding hydrogens is 438 g/mol. The number of anilines is 2. The topological polar surface area (TPSA) is 81.0 Å². The van der Waals surface area contributed by atoms with Gasteiger partial charge in [-0.15, -0.1) is 5.10 Å². The summed E-state index contributed by atoms with van der Waals surface area (Å²) in [5.74, 6) is 1.36. The predicted molar refractivity (Wildman–Crippen MR) is 129 cm³/mol. The molecule has 0 radical (unpaired) electrons. The lowest BCUT2D eigenvalue weighted by Crippen LogP contribution is -2.40. The highest BCUT2D eigenvalue weighted by atomic mass is 32.1. The number of rotatable bonds is 6. The first-order chi connectivity index (χ1) is 16.1. The first kappa shape index (κ1) is 21.3. The summed E-state index contributed by atoms with van der Waals surface area (Å²) in [6.07, 6.45) is 3.72. The first-order valence-corrected chi connectivity index (χ1v) is 11.7. The van der Waals surface area contributed by atoms with E-state index in [1.165, 1.54) is 0 Å². The van der Waals surface area contributed by atoms with Crippen molar-refractivity contribution < 1.29 is 14.3 Å². The Morgan fingerprint density at radius 1 is 1.12 bits per heavy atom. The number of hydrogen-bond acceptors (Lipinski definition) is 7. The molecule has 170 valence electrons. The molecule has 9 heteroatoms. The maximum Gasteiger partial charge on any atom is 0.229 e. The quantitative estimate of drug-likeness (QED) is 0.458. The number of fused-ring (bicyclic) bond motifs is 1. The van der Waals surface area contributed by atoms with E-state index in [1.807, 2.05) is 59.2 Å². The van der Waals surface area contributed by atoms with Crippen LogP contribution in [0.5, 0.6) is 11.5 Å². The number of piperidine rings is 1. The van der Waals surface area contributed by atoms with Gasteiger partial charge in [-0.1, -0.05) is 23.5 Å². The van der Waals surface area contributed by atoms with E-state index in [2.05, 4.69) is 10.2 Å². The normalized spacial score (nSPS) is 16.1. The van der Waals surface area contributed by atoms with E-state index in [0.29, 0.717) is 18.0 Å². The number of amides is 1. The SMILES string of the molecule is COc1ccc(-c2cn3nc(N4CCC[C@@H](C(=O)Nc5ccccc5OC)C4)sc3n2)cc1. The highest BCUT2D eigenvalue weighted by Gasteiger charge is 2.28. The molecule has 1 saturated heterocycles. The van der Waals surface area contributed by atoms with Crippen LogP contribution >= 0.6 is 11.3 Å². The Hall–Kier alpha value is -3.59. The summed E-state index contributed by atoms with van der Waals surface area (Å²) in [5, 5.41) is 8.65. The smallest absolute Gasteiger partial charge is 0.229 e. The minimum Gasteiger partial charge on any atom is -0.497 e. The third kappa shape index (κ3) is 4.36. The fraction of sp³-hybridized carbons (Fsp3) is 0.292. The lowest BCUT2D eigenvalue weighted by atomic mass is 9.97. The summed E-state index contributed by atoms with van der Waals surface area (Å²) in [7, 11) is 3.26. The van der Waals surface area contributed by atoms with Crippen molar-refractivity contribution >= 4 is 33.0 Å². The second-order valence-corrected chi connectivity index (χ2v) is 8.88. The molecule has 1 aliphatic heterocycles. The van der Waals surface area contributed by atoms with Gasteiger partial charge in [0, 0.05) is 18.7 Å². The lowest BCUT2D eigenvalue weighted by Gasteiger charge is -2.31. The number of benzene rings is 2. The van der Waals surface area contributed by atoms with E-state index in [1.54, 1.807) is 25.6 Å². The lowest BCUT2D eigenvalue weighted by molar-refractivity contribution is -0.120. The largest absolute Gasteiger partial charge is 0.497 e. The van der Waals surface area contributed by atoms with Gasteiger partial charge in [0.2, 0.25) is 16.0 Å². The van der Waals surface area contributed by atoms with Crippen molar-refractivity contribution in [1.29, 1.82) is 0 Å². The number of nitrogens with zero attached hydrogens (tertiary/aromatic N) is 4. The molecule has 0 aliphatic carbocycles. The minimum absolute atomic E-state index is 0.00678. The molecule has 2 aromatic heterocycles. The van der Waals surface area contributed by atoms with E-state index < -0.39 is 0 Å². The summed E-state index contributed by atoms with van der Waals surface area (Å²) < 4.78 is 12.4. The predicted octanol–water partition coefficient (Wildman–Crippen LogP) is 4.33. The standard InChI is InChI=1S/C24H25N5O3S/c1-31-18-11-9-16(10-12-18)20-15-29-23(26-20)33-24(27-29)28-13-5-6-17(14-28)22(30)25-19-7-3-4-8-21(19)32-2/h3-4,7-12,15,17H,5-6,13-14H2,1-2H3,(H,25,30)/t17-/m1/s1. The first-order valence-electron chi connectivity index (χ1n) is 10.8. The van der Waals surface area contributed by atoms with E-state index in [0.717, 1.165) is 46.5 Å². The molecule has 1 atom stereocenters. The van der Waals surface area contributed by atoms with Crippen molar-refractivity contribution in [3.8, 4) is 22.8 Å². The van der Waals surface area contributed by atoms with Crippen molar-refractivity contribution in [2.24, 2.45) is 5.92 Å². The van der Waals surface area contributed by atoms with Crippen LogP contribution in [0.15, 0.2) is 54.7 Å². The average Bonchev–Trinajstić information content (AvgIpc) is 3.44. The zero-order valence-corrected chi connectivity index (χ0v) is 19.3. The number of imidazole rings is 1. The van der Waals surface area contributed by atoms with Gasteiger partial charge in [0.1, 0.15) is 11.5 Å². The summed E-state index contributed by atoms with van der Waals surface area (Å²) in [6.45, 7) is 1.50. The van der Waals surface area contributed by atoms with E-state index >= 15 is 0 Å². The summed E-state index contributed by atoms with van der Waals surface area (Å²) in [6, 6.07) is 15.3. The van der Waals surface area contributed by atoms with Gasteiger partial charge in [-0.05, 0) is 49.2 Å². The van der Waals surface area contributed by atoms with Crippen molar-refractivity contribution in [2.75, 3.05) is 37.5 Å². The van der Waals surface area contributed by atoms with Gasteiger partial charge in [-0.3, -0.25) is 4.79 Å². The molecule has 33 heavy (non-hydrogen) atoms. The van der Waals surface area contributed by atoms with E-state index in [9.17, 15) is 4.79 Å². The van der Waals surface area contributed by atoms with Crippen LogP contribution in [0.4, 0.5) is 10.8 Å². The highest BCUT2D eigenvalue weighted by Crippen LogP contribution is 2.31. The Balaban J connectivity index is 1.29. The summed E-state index contributed by atoms with van der Waals surface area (Å²) >= 11 is 1.54.